The van der Waals surface area contributed by atoms with Gasteiger partial charge in [0.1, 0.15) is 17.7 Å². The van der Waals surface area contributed by atoms with Crippen molar-refractivity contribution in [1.29, 1.82) is 0 Å². The summed E-state index contributed by atoms with van der Waals surface area (Å²) in [4.78, 5) is 41.4. The van der Waals surface area contributed by atoms with Crippen molar-refractivity contribution in [3.8, 4) is 0 Å². The summed E-state index contributed by atoms with van der Waals surface area (Å²) in [6.45, 7) is 0. The average Bonchev–Trinajstić information content (AvgIpc) is 3.34. The predicted octanol–water partition coefficient (Wildman–Crippen LogP) is 3.16. The molecule has 2 saturated heterocycles. The highest BCUT2D eigenvalue weighted by molar-refractivity contribution is 6.24. The maximum Gasteiger partial charge on any atom is 0.323 e. The van der Waals surface area contributed by atoms with Gasteiger partial charge in [-0.2, -0.15) is 0 Å². The Bertz CT molecular complexity index is 1220. The fraction of sp³-hybridized carbons (Fsp3) is 0.192. The lowest BCUT2D eigenvalue weighted by Gasteiger charge is -2.36. The van der Waals surface area contributed by atoms with Crippen molar-refractivity contribution in [3.05, 3.63) is 102 Å². The van der Waals surface area contributed by atoms with E-state index < -0.39 is 52.8 Å². The smallest absolute Gasteiger partial charge is 0.323 e. The number of imide groups is 1. The molecule has 2 heterocycles. The van der Waals surface area contributed by atoms with Crippen LogP contribution in [0.25, 0.3) is 0 Å². The summed E-state index contributed by atoms with van der Waals surface area (Å²) in [5.74, 6) is -4.91. The summed E-state index contributed by atoms with van der Waals surface area (Å²) >= 11 is 0. The molecule has 0 aliphatic carbocycles. The van der Waals surface area contributed by atoms with Gasteiger partial charge in [-0.05, 0) is 47.5 Å². The minimum absolute atomic E-state index is 0.377. The van der Waals surface area contributed by atoms with E-state index in [1.54, 1.807) is 30.3 Å². The van der Waals surface area contributed by atoms with Crippen molar-refractivity contribution >= 4 is 23.5 Å². The molecular formula is C26H20F2N2O4. The summed E-state index contributed by atoms with van der Waals surface area (Å²) in [5.41, 5.74) is -0.125. The van der Waals surface area contributed by atoms with E-state index in [0.717, 1.165) is 4.90 Å². The maximum absolute atomic E-state index is 13.9. The Morgan fingerprint density at radius 1 is 0.853 bits per heavy atom. The number of methoxy groups -OCH3 is 1. The number of esters is 1. The summed E-state index contributed by atoms with van der Waals surface area (Å²) in [6.07, 6.45) is 0. The molecule has 0 spiro atoms. The first-order chi connectivity index (χ1) is 16.4. The van der Waals surface area contributed by atoms with Crippen LogP contribution in [0.5, 0.6) is 0 Å². The molecule has 8 heteroatoms. The molecule has 2 aliphatic rings. The number of para-hydroxylation sites is 1. The topological polar surface area (TPSA) is 75.7 Å². The van der Waals surface area contributed by atoms with Gasteiger partial charge in [-0.1, -0.05) is 42.5 Å². The number of fused-ring (bicyclic) bond motifs is 1. The van der Waals surface area contributed by atoms with Crippen molar-refractivity contribution in [2.24, 2.45) is 11.8 Å². The molecule has 0 aromatic heterocycles. The number of hydrogen-bond donors (Lipinski definition) is 1. The van der Waals surface area contributed by atoms with Gasteiger partial charge >= 0.3 is 5.97 Å². The van der Waals surface area contributed by atoms with Gasteiger partial charge in [-0.15, -0.1) is 0 Å². The number of nitrogens with zero attached hydrogens (tertiary/aromatic N) is 1. The Hall–Kier alpha value is -3.91. The first-order valence-corrected chi connectivity index (χ1v) is 10.7. The zero-order chi connectivity index (χ0) is 24.0. The van der Waals surface area contributed by atoms with Crippen LogP contribution in [0, 0.1) is 23.5 Å². The second-order valence-corrected chi connectivity index (χ2v) is 8.32. The number of amides is 2. The first kappa shape index (κ1) is 21.9. The number of nitrogens with one attached hydrogen (secondary N) is 1. The highest BCUT2D eigenvalue weighted by atomic mass is 19.1. The van der Waals surface area contributed by atoms with Crippen molar-refractivity contribution in [1.82, 2.24) is 5.32 Å². The lowest BCUT2D eigenvalue weighted by atomic mass is 9.71. The number of carbonyl (C=O) groups excluding carboxylic acids is 3. The Kier molecular flexibility index (Phi) is 5.25. The monoisotopic (exact) mass is 462 g/mol. The molecule has 172 valence electrons. The zero-order valence-electron chi connectivity index (χ0n) is 18.1. The van der Waals surface area contributed by atoms with Crippen LogP contribution in [-0.4, -0.2) is 30.9 Å². The van der Waals surface area contributed by atoms with Crippen molar-refractivity contribution < 1.29 is 27.9 Å². The van der Waals surface area contributed by atoms with Gasteiger partial charge in [0.05, 0.1) is 30.2 Å². The molecule has 1 N–H and O–H groups in total. The Labute approximate surface area is 194 Å². The van der Waals surface area contributed by atoms with E-state index in [1.165, 1.54) is 55.6 Å². The second kappa shape index (κ2) is 8.14. The molecule has 0 radical (unpaired) electrons. The van der Waals surface area contributed by atoms with Gasteiger partial charge in [-0.3, -0.25) is 19.7 Å². The van der Waals surface area contributed by atoms with E-state index in [1.807, 2.05) is 0 Å². The number of benzene rings is 3. The normalized spacial score (nSPS) is 23.1. The van der Waals surface area contributed by atoms with Gasteiger partial charge in [-0.25, -0.2) is 13.7 Å². The molecule has 2 fully saturated rings. The van der Waals surface area contributed by atoms with Crippen LogP contribution < -0.4 is 10.2 Å². The standard InChI is InChI=1S/C26H20F2N2O4/c1-34-25(33)22-20-21(24(32)30(23(20)31)19-5-3-2-4-6-19)26(29-22,15-7-11-17(27)12-8-15)16-9-13-18(28)14-10-16/h2-14,20-22,29H,1H3/t20-,21-,22+/m0/s1. The number of ether oxygens (including phenoxy) is 1. The van der Waals surface area contributed by atoms with Gasteiger partial charge in [0.25, 0.3) is 0 Å². The zero-order valence-corrected chi connectivity index (χ0v) is 18.1. The third-order valence-electron chi connectivity index (χ3n) is 6.63. The van der Waals surface area contributed by atoms with Crippen LogP contribution in [-0.2, 0) is 24.7 Å². The lowest BCUT2D eigenvalue weighted by Crippen LogP contribution is -2.52. The quantitative estimate of drug-likeness (QED) is 0.476. The number of halogens is 2. The molecule has 3 atom stereocenters. The third-order valence-corrected chi connectivity index (χ3v) is 6.63. The van der Waals surface area contributed by atoms with Crippen molar-refractivity contribution in [2.75, 3.05) is 12.0 Å². The van der Waals surface area contributed by atoms with E-state index >= 15 is 0 Å². The minimum Gasteiger partial charge on any atom is -0.468 e. The van der Waals surface area contributed by atoms with Crippen LogP contribution in [0.3, 0.4) is 0 Å². The molecule has 2 aliphatic heterocycles. The summed E-state index contributed by atoms with van der Waals surface area (Å²) in [7, 11) is 1.20. The second-order valence-electron chi connectivity index (χ2n) is 8.32. The molecule has 34 heavy (non-hydrogen) atoms. The summed E-state index contributed by atoms with van der Waals surface area (Å²) in [6, 6.07) is 18.2. The molecule has 2 amide bonds. The fourth-order valence-corrected chi connectivity index (χ4v) is 5.19. The summed E-state index contributed by atoms with van der Waals surface area (Å²) < 4.78 is 32.6. The van der Waals surface area contributed by atoms with Gasteiger partial charge in [0.15, 0.2) is 0 Å². The highest BCUT2D eigenvalue weighted by Crippen LogP contribution is 2.52. The fourth-order valence-electron chi connectivity index (χ4n) is 5.19. The maximum atomic E-state index is 13.9. The number of rotatable bonds is 4. The van der Waals surface area contributed by atoms with Crippen LogP contribution in [0.4, 0.5) is 14.5 Å². The number of carbonyl (C=O) groups is 3. The third kappa shape index (κ3) is 3.13. The molecule has 5 rings (SSSR count). The van der Waals surface area contributed by atoms with Gasteiger partial charge < -0.3 is 4.74 Å². The van der Waals surface area contributed by atoms with E-state index in [9.17, 15) is 23.2 Å². The van der Waals surface area contributed by atoms with Crippen LogP contribution in [0.1, 0.15) is 11.1 Å². The van der Waals surface area contributed by atoms with E-state index in [-0.39, 0.29) is 0 Å². The van der Waals surface area contributed by atoms with Crippen molar-refractivity contribution in [3.63, 3.8) is 0 Å². The molecule has 3 aromatic carbocycles. The largest absolute Gasteiger partial charge is 0.468 e. The minimum atomic E-state index is -1.42. The number of hydrogen-bond acceptors (Lipinski definition) is 5. The van der Waals surface area contributed by atoms with E-state index in [0.29, 0.717) is 16.8 Å². The first-order valence-electron chi connectivity index (χ1n) is 10.7. The van der Waals surface area contributed by atoms with E-state index in [2.05, 4.69) is 5.32 Å². The molecule has 0 saturated carbocycles. The van der Waals surface area contributed by atoms with E-state index in [4.69, 9.17) is 4.74 Å². The molecule has 0 bridgehead atoms. The number of anilines is 1. The SMILES string of the molecule is COC(=O)[C@@H]1NC(c2ccc(F)cc2)(c2ccc(F)cc2)[C@@H]2C(=O)N(c3ccccc3)C(=O)[C@@H]21. The Morgan fingerprint density at radius 2 is 1.38 bits per heavy atom. The average molecular weight is 462 g/mol. The Morgan fingerprint density at radius 3 is 1.88 bits per heavy atom. The highest BCUT2D eigenvalue weighted by Gasteiger charge is 2.68. The molecular weight excluding hydrogens is 442 g/mol. The van der Waals surface area contributed by atoms with Crippen LogP contribution in [0.15, 0.2) is 78.9 Å². The van der Waals surface area contributed by atoms with Crippen LogP contribution in [0.2, 0.25) is 0 Å². The lowest BCUT2D eigenvalue weighted by molar-refractivity contribution is -0.145. The van der Waals surface area contributed by atoms with Gasteiger partial charge in [0, 0.05) is 0 Å². The Balaban J connectivity index is 1.76. The molecule has 3 aromatic rings. The van der Waals surface area contributed by atoms with Gasteiger partial charge in [0.2, 0.25) is 11.8 Å². The van der Waals surface area contributed by atoms with Crippen molar-refractivity contribution in [2.45, 2.75) is 11.6 Å². The predicted molar refractivity (Wildman–Crippen MR) is 118 cm³/mol. The summed E-state index contributed by atoms with van der Waals surface area (Å²) in [5, 5.41) is 3.17. The van der Waals surface area contributed by atoms with Crippen LogP contribution >= 0.6 is 0 Å². The molecule has 0 unspecified atom stereocenters. The molecule has 6 nitrogen and oxygen atoms in total.